The van der Waals surface area contributed by atoms with Crippen molar-refractivity contribution in [2.24, 2.45) is 10.8 Å². The van der Waals surface area contributed by atoms with Gasteiger partial charge in [-0.2, -0.15) is 0 Å². The Labute approximate surface area is 183 Å². The van der Waals surface area contributed by atoms with Crippen molar-refractivity contribution in [3.63, 3.8) is 0 Å². The molecule has 0 aliphatic carbocycles. The van der Waals surface area contributed by atoms with Gasteiger partial charge in [-0.3, -0.25) is 9.59 Å². The number of esters is 2. The average molecular weight is 439 g/mol. The molecule has 31 heavy (non-hydrogen) atoms. The Hall–Kier alpha value is -2.00. The summed E-state index contributed by atoms with van der Waals surface area (Å²) < 4.78 is 22.1. The lowest BCUT2D eigenvalue weighted by atomic mass is 9.95. The molecule has 174 valence electrons. The lowest BCUT2D eigenvalue weighted by molar-refractivity contribution is -0.308. The third-order valence-corrected chi connectivity index (χ3v) is 4.75. The van der Waals surface area contributed by atoms with Gasteiger partial charge in [-0.05, 0) is 47.1 Å². The fourth-order valence-corrected chi connectivity index (χ4v) is 2.74. The van der Waals surface area contributed by atoms with E-state index < -0.39 is 53.5 Å². The summed E-state index contributed by atoms with van der Waals surface area (Å²) in [5, 5.41) is 21.4. The van der Waals surface area contributed by atoms with E-state index in [0.29, 0.717) is 0 Å². The van der Waals surface area contributed by atoms with Crippen LogP contribution in [0.25, 0.3) is 0 Å². The van der Waals surface area contributed by atoms with Gasteiger partial charge >= 0.3 is 11.9 Å². The van der Waals surface area contributed by atoms with Gasteiger partial charge in [-0.25, -0.2) is 0 Å². The van der Waals surface area contributed by atoms with E-state index in [0.717, 1.165) is 5.56 Å². The van der Waals surface area contributed by atoms with Gasteiger partial charge in [0.05, 0.1) is 17.4 Å². The first-order chi connectivity index (χ1) is 14.3. The number of aliphatic hydroxyl groups is 2. The number of carbonyl (C=O) groups excluding carboxylic acids is 2. The Bertz CT molecular complexity index is 734. The smallest absolute Gasteiger partial charge is 0.311 e. The van der Waals surface area contributed by atoms with Crippen LogP contribution in [0.2, 0.25) is 0 Å². The maximum atomic E-state index is 12.4. The number of rotatable bonds is 6. The molecular formula is C23H34O8. The number of hydrogen-bond acceptors (Lipinski definition) is 8. The highest BCUT2D eigenvalue weighted by molar-refractivity contribution is 5.76. The van der Waals surface area contributed by atoms with Crippen LogP contribution in [0.4, 0.5) is 0 Å². The van der Waals surface area contributed by atoms with E-state index in [9.17, 15) is 19.8 Å². The third-order valence-electron chi connectivity index (χ3n) is 4.75. The van der Waals surface area contributed by atoms with Gasteiger partial charge in [0.15, 0.2) is 12.4 Å². The van der Waals surface area contributed by atoms with Gasteiger partial charge in [-0.1, -0.05) is 30.3 Å². The summed E-state index contributed by atoms with van der Waals surface area (Å²) in [4.78, 5) is 24.5. The lowest BCUT2D eigenvalue weighted by Gasteiger charge is -2.42. The monoisotopic (exact) mass is 438 g/mol. The van der Waals surface area contributed by atoms with E-state index >= 15 is 0 Å². The van der Waals surface area contributed by atoms with Crippen molar-refractivity contribution in [1.29, 1.82) is 0 Å². The first-order valence-corrected chi connectivity index (χ1v) is 10.4. The Morgan fingerprint density at radius 3 is 2.06 bits per heavy atom. The summed E-state index contributed by atoms with van der Waals surface area (Å²) >= 11 is 0. The van der Waals surface area contributed by atoms with Crippen molar-refractivity contribution in [3.05, 3.63) is 35.9 Å². The molecule has 2 N–H and O–H groups in total. The number of aliphatic hydroxyl groups excluding tert-OH is 2. The first-order valence-electron chi connectivity index (χ1n) is 10.4. The standard InChI is InChI=1S/C23H34O8/c1-22(2,3)20(26)29-13-15-16(24)18(31-21(27)23(4,5)6)17(25)19(30-15)28-12-14-10-8-7-9-11-14/h7-11,15-19,24-25H,12-13H2,1-6H3/t15?,16-,17+,18-,19?/m0/s1. The molecule has 0 spiro atoms. The SMILES string of the molecule is CC(C)(C)C(=O)OCC1OC(OCc2ccccc2)[C@H](O)[C@@H](OC(=O)C(C)(C)C)[C@H]1O. The zero-order chi connectivity index (χ0) is 23.4. The molecule has 1 aliphatic heterocycles. The minimum atomic E-state index is -1.43. The number of ether oxygens (including phenoxy) is 4. The summed E-state index contributed by atoms with van der Waals surface area (Å²) in [5.74, 6) is -1.07. The van der Waals surface area contributed by atoms with Gasteiger partial charge in [0.1, 0.15) is 24.9 Å². The zero-order valence-electron chi connectivity index (χ0n) is 19.0. The van der Waals surface area contributed by atoms with Crippen molar-refractivity contribution in [2.75, 3.05) is 6.61 Å². The topological polar surface area (TPSA) is 112 Å². The minimum Gasteiger partial charge on any atom is -0.462 e. The second-order valence-corrected chi connectivity index (χ2v) is 9.79. The third kappa shape index (κ3) is 7.00. The quantitative estimate of drug-likeness (QED) is 0.650. The fourth-order valence-electron chi connectivity index (χ4n) is 2.74. The summed E-state index contributed by atoms with van der Waals surface area (Å²) in [7, 11) is 0. The largest absolute Gasteiger partial charge is 0.462 e. The van der Waals surface area contributed by atoms with Gasteiger partial charge in [0.2, 0.25) is 0 Å². The molecule has 2 unspecified atom stereocenters. The van der Waals surface area contributed by atoms with Crippen LogP contribution in [0.5, 0.6) is 0 Å². The van der Waals surface area contributed by atoms with Gasteiger partial charge in [0.25, 0.3) is 0 Å². The average Bonchev–Trinajstić information content (AvgIpc) is 2.68. The Balaban J connectivity index is 2.16. The highest BCUT2D eigenvalue weighted by Crippen LogP contribution is 2.28. The Morgan fingerprint density at radius 1 is 0.935 bits per heavy atom. The summed E-state index contributed by atoms with van der Waals surface area (Å²) in [6, 6.07) is 9.27. The molecule has 1 aromatic carbocycles. The molecule has 1 fully saturated rings. The molecule has 8 nitrogen and oxygen atoms in total. The molecule has 5 atom stereocenters. The summed E-state index contributed by atoms with van der Waals surface area (Å²) in [6.07, 6.45) is -6.39. The van der Waals surface area contributed by atoms with Crippen molar-refractivity contribution in [3.8, 4) is 0 Å². The molecule has 8 heteroatoms. The van der Waals surface area contributed by atoms with Crippen LogP contribution < -0.4 is 0 Å². The van der Waals surface area contributed by atoms with Crippen LogP contribution in [0.15, 0.2) is 30.3 Å². The van der Waals surface area contributed by atoms with Crippen LogP contribution in [0.3, 0.4) is 0 Å². The van der Waals surface area contributed by atoms with Crippen LogP contribution in [-0.2, 0) is 35.1 Å². The number of benzene rings is 1. The lowest BCUT2D eigenvalue weighted by Crippen LogP contribution is -2.61. The summed E-state index contributed by atoms with van der Waals surface area (Å²) in [6.45, 7) is 9.97. The van der Waals surface area contributed by atoms with Crippen LogP contribution in [0.1, 0.15) is 47.1 Å². The van der Waals surface area contributed by atoms with E-state index in [2.05, 4.69) is 0 Å². The Morgan fingerprint density at radius 2 is 1.52 bits per heavy atom. The van der Waals surface area contributed by atoms with E-state index in [1.54, 1.807) is 41.5 Å². The molecule has 1 saturated heterocycles. The second-order valence-electron chi connectivity index (χ2n) is 9.79. The molecule has 0 amide bonds. The first kappa shape index (κ1) is 25.3. The molecule has 0 aromatic heterocycles. The second kappa shape index (κ2) is 10.1. The maximum absolute atomic E-state index is 12.4. The predicted octanol–water partition coefficient (Wildman–Crippen LogP) is 2.20. The number of hydrogen-bond donors (Lipinski definition) is 2. The molecule has 2 rings (SSSR count). The van der Waals surface area contributed by atoms with E-state index in [1.807, 2.05) is 30.3 Å². The fraction of sp³-hybridized carbons (Fsp3) is 0.652. The Kier molecular flexibility index (Phi) is 8.21. The molecule has 1 aromatic rings. The molecule has 0 radical (unpaired) electrons. The van der Waals surface area contributed by atoms with Crippen LogP contribution >= 0.6 is 0 Å². The van der Waals surface area contributed by atoms with E-state index in [-0.39, 0.29) is 13.2 Å². The van der Waals surface area contributed by atoms with Crippen molar-refractivity contribution in [1.82, 2.24) is 0 Å². The molecule has 1 heterocycles. The van der Waals surface area contributed by atoms with Crippen molar-refractivity contribution in [2.45, 2.75) is 78.9 Å². The van der Waals surface area contributed by atoms with E-state index in [4.69, 9.17) is 18.9 Å². The molecular weight excluding hydrogens is 404 g/mol. The predicted molar refractivity (Wildman–Crippen MR) is 112 cm³/mol. The normalized spacial score (nSPS) is 26.9. The highest BCUT2D eigenvalue weighted by Gasteiger charge is 2.49. The van der Waals surface area contributed by atoms with Crippen molar-refractivity contribution >= 4 is 11.9 Å². The van der Waals surface area contributed by atoms with Crippen LogP contribution in [-0.4, -0.2) is 59.5 Å². The molecule has 1 aliphatic rings. The minimum absolute atomic E-state index is 0.132. The van der Waals surface area contributed by atoms with Crippen molar-refractivity contribution < 1.29 is 38.7 Å². The van der Waals surface area contributed by atoms with Gasteiger partial charge < -0.3 is 29.2 Å². The van der Waals surface area contributed by atoms with Gasteiger partial charge in [0, 0.05) is 0 Å². The molecule has 0 bridgehead atoms. The van der Waals surface area contributed by atoms with Crippen LogP contribution in [0, 0.1) is 10.8 Å². The van der Waals surface area contributed by atoms with E-state index in [1.165, 1.54) is 0 Å². The zero-order valence-corrected chi connectivity index (χ0v) is 19.0. The van der Waals surface area contributed by atoms with Gasteiger partial charge in [-0.15, -0.1) is 0 Å². The molecule has 0 saturated carbocycles. The maximum Gasteiger partial charge on any atom is 0.311 e. The highest BCUT2D eigenvalue weighted by atomic mass is 16.7. The summed E-state index contributed by atoms with van der Waals surface area (Å²) in [5.41, 5.74) is -0.726. The number of carbonyl (C=O) groups is 2.